The summed E-state index contributed by atoms with van der Waals surface area (Å²) < 4.78 is 8.84. The summed E-state index contributed by atoms with van der Waals surface area (Å²) in [6.45, 7) is 2.54. The van der Waals surface area contributed by atoms with Crippen LogP contribution in [0.4, 0.5) is 5.69 Å². The molecule has 4 aromatic rings. The number of aryl methyl sites for hydroxylation is 1. The molecule has 0 N–H and O–H groups in total. The van der Waals surface area contributed by atoms with Gasteiger partial charge in [0.2, 0.25) is 5.78 Å². The van der Waals surface area contributed by atoms with Gasteiger partial charge in [0.15, 0.2) is 5.16 Å². The molecule has 0 bridgehead atoms. The van der Waals surface area contributed by atoms with Crippen LogP contribution in [-0.2, 0) is 12.3 Å². The van der Waals surface area contributed by atoms with Crippen molar-refractivity contribution in [3.05, 3.63) is 68.5 Å². The number of nitro benzene ring substituents is 1. The lowest BCUT2D eigenvalue weighted by Gasteiger charge is -2.11. The number of nitro groups is 1. The first-order valence-corrected chi connectivity index (χ1v) is 10.3. The number of rotatable bonds is 7. The molecule has 0 aliphatic heterocycles. The number of aromatic nitrogens is 4. The van der Waals surface area contributed by atoms with Crippen LogP contribution >= 0.6 is 11.8 Å². The van der Waals surface area contributed by atoms with E-state index < -0.39 is 4.92 Å². The highest BCUT2D eigenvalue weighted by atomic mass is 32.2. The summed E-state index contributed by atoms with van der Waals surface area (Å²) in [6, 6.07) is 11.9. The molecule has 0 saturated carbocycles. The number of hydrogen-bond donors (Lipinski definition) is 0. The number of nitrogens with zero attached hydrogens (tertiary/aromatic N) is 5. The number of benzene rings is 2. The molecule has 0 atom stereocenters. The third-order valence-corrected chi connectivity index (χ3v) is 5.73. The number of fused-ring (bicyclic) bond motifs is 3. The van der Waals surface area contributed by atoms with E-state index in [9.17, 15) is 14.9 Å². The average molecular weight is 425 g/mol. The Labute approximate surface area is 175 Å². The molecule has 0 saturated heterocycles. The Hall–Kier alpha value is -3.40. The molecule has 0 unspecified atom stereocenters. The van der Waals surface area contributed by atoms with Crippen molar-refractivity contribution < 1.29 is 9.66 Å². The minimum absolute atomic E-state index is 0.000245. The van der Waals surface area contributed by atoms with Gasteiger partial charge in [0, 0.05) is 30.0 Å². The van der Waals surface area contributed by atoms with Crippen molar-refractivity contribution in [1.82, 2.24) is 19.2 Å². The third kappa shape index (κ3) is 3.39. The standard InChI is InChI=1S/C20H19N5O4S/c1-3-10-23-18(26)15-6-4-5-7-16(15)24-19(23)21-22-20(24)30-12-13-11-14(25(27)28)8-9-17(13)29-2/h4-9,11H,3,10,12H2,1-2H3. The number of methoxy groups -OCH3 is 1. The summed E-state index contributed by atoms with van der Waals surface area (Å²) >= 11 is 1.38. The number of para-hydroxylation sites is 1. The van der Waals surface area contributed by atoms with Crippen LogP contribution in [0, 0.1) is 10.1 Å². The van der Waals surface area contributed by atoms with Gasteiger partial charge in [-0.3, -0.25) is 23.9 Å². The number of ether oxygens (including phenoxy) is 1. The van der Waals surface area contributed by atoms with Crippen LogP contribution in [0.15, 0.2) is 52.4 Å². The van der Waals surface area contributed by atoms with Crippen molar-refractivity contribution >= 4 is 34.1 Å². The van der Waals surface area contributed by atoms with Gasteiger partial charge < -0.3 is 4.74 Å². The molecule has 4 rings (SSSR count). The van der Waals surface area contributed by atoms with E-state index in [0.717, 1.165) is 11.9 Å². The largest absolute Gasteiger partial charge is 0.496 e. The fourth-order valence-corrected chi connectivity index (χ4v) is 4.30. The summed E-state index contributed by atoms with van der Waals surface area (Å²) in [5.74, 6) is 1.44. The van der Waals surface area contributed by atoms with E-state index in [-0.39, 0.29) is 11.2 Å². The number of thioether (sulfide) groups is 1. The van der Waals surface area contributed by atoms with Gasteiger partial charge in [0.1, 0.15) is 5.75 Å². The van der Waals surface area contributed by atoms with Crippen LogP contribution in [-0.4, -0.2) is 31.2 Å². The zero-order chi connectivity index (χ0) is 21.3. The molecule has 0 aliphatic carbocycles. The third-order valence-electron chi connectivity index (χ3n) is 4.76. The second-order valence-electron chi connectivity index (χ2n) is 6.63. The van der Waals surface area contributed by atoms with Crippen molar-refractivity contribution in [2.75, 3.05) is 7.11 Å². The minimum Gasteiger partial charge on any atom is -0.496 e. The van der Waals surface area contributed by atoms with Crippen LogP contribution in [0.25, 0.3) is 16.7 Å². The van der Waals surface area contributed by atoms with Crippen molar-refractivity contribution in [1.29, 1.82) is 0 Å². The van der Waals surface area contributed by atoms with Gasteiger partial charge in [0.05, 0.1) is 22.9 Å². The second-order valence-corrected chi connectivity index (χ2v) is 7.58. The van der Waals surface area contributed by atoms with Gasteiger partial charge >= 0.3 is 0 Å². The van der Waals surface area contributed by atoms with E-state index in [0.29, 0.717) is 39.9 Å². The van der Waals surface area contributed by atoms with E-state index in [1.165, 1.54) is 31.0 Å². The fourth-order valence-electron chi connectivity index (χ4n) is 3.39. The van der Waals surface area contributed by atoms with E-state index in [1.54, 1.807) is 16.7 Å². The molecular weight excluding hydrogens is 406 g/mol. The molecule has 2 aromatic heterocycles. The van der Waals surface area contributed by atoms with Crippen LogP contribution in [0.1, 0.15) is 18.9 Å². The fraction of sp³-hybridized carbons (Fsp3) is 0.250. The molecule has 0 amide bonds. The Bertz CT molecular complexity index is 1310. The Morgan fingerprint density at radius 2 is 2.00 bits per heavy atom. The van der Waals surface area contributed by atoms with E-state index >= 15 is 0 Å². The summed E-state index contributed by atoms with van der Waals surface area (Å²) in [4.78, 5) is 23.6. The van der Waals surface area contributed by atoms with E-state index in [1.807, 2.05) is 29.5 Å². The Morgan fingerprint density at radius 1 is 1.20 bits per heavy atom. The van der Waals surface area contributed by atoms with Gasteiger partial charge in [-0.15, -0.1) is 10.2 Å². The molecule has 9 nitrogen and oxygen atoms in total. The molecule has 0 aliphatic rings. The highest BCUT2D eigenvalue weighted by Gasteiger charge is 2.18. The molecule has 0 fully saturated rings. The maximum Gasteiger partial charge on any atom is 0.270 e. The van der Waals surface area contributed by atoms with E-state index in [4.69, 9.17) is 4.74 Å². The molecule has 2 heterocycles. The maximum atomic E-state index is 12.9. The first-order valence-electron chi connectivity index (χ1n) is 9.36. The maximum absolute atomic E-state index is 12.9. The Balaban J connectivity index is 1.81. The monoisotopic (exact) mass is 425 g/mol. The molecule has 154 valence electrons. The lowest BCUT2D eigenvalue weighted by molar-refractivity contribution is -0.384. The van der Waals surface area contributed by atoms with Gasteiger partial charge in [-0.25, -0.2) is 0 Å². The van der Waals surface area contributed by atoms with Gasteiger partial charge in [-0.2, -0.15) is 0 Å². The number of hydrogen-bond acceptors (Lipinski definition) is 7. The first-order chi connectivity index (χ1) is 14.5. The lowest BCUT2D eigenvalue weighted by atomic mass is 10.2. The smallest absolute Gasteiger partial charge is 0.270 e. The van der Waals surface area contributed by atoms with Crippen molar-refractivity contribution in [3.8, 4) is 5.75 Å². The zero-order valence-corrected chi connectivity index (χ0v) is 17.3. The molecular formula is C20H19N5O4S. The predicted octanol–water partition coefficient (Wildman–Crippen LogP) is 3.66. The number of non-ortho nitro benzene ring substituents is 1. The van der Waals surface area contributed by atoms with Crippen LogP contribution in [0.5, 0.6) is 5.75 Å². The summed E-state index contributed by atoms with van der Waals surface area (Å²) in [6.07, 6.45) is 0.786. The Morgan fingerprint density at radius 3 is 2.73 bits per heavy atom. The SMILES string of the molecule is CCCn1c(=O)c2ccccc2n2c(SCc3cc([N+](=O)[O-])ccc3OC)nnc12. The molecule has 2 aromatic carbocycles. The molecule has 10 heteroatoms. The van der Waals surface area contributed by atoms with Crippen molar-refractivity contribution in [3.63, 3.8) is 0 Å². The second kappa shape index (κ2) is 8.15. The summed E-state index contributed by atoms with van der Waals surface area (Å²) in [5, 5.41) is 20.9. The zero-order valence-electron chi connectivity index (χ0n) is 16.4. The van der Waals surface area contributed by atoms with Crippen LogP contribution in [0.2, 0.25) is 0 Å². The Kier molecular flexibility index (Phi) is 5.40. The minimum atomic E-state index is -0.434. The molecule has 30 heavy (non-hydrogen) atoms. The van der Waals surface area contributed by atoms with Crippen molar-refractivity contribution in [2.45, 2.75) is 30.8 Å². The summed E-state index contributed by atoms with van der Waals surface area (Å²) in [5.41, 5.74) is 1.31. The molecule has 0 radical (unpaired) electrons. The quantitative estimate of drug-likeness (QED) is 0.253. The topological polar surface area (TPSA) is 105 Å². The van der Waals surface area contributed by atoms with E-state index in [2.05, 4.69) is 10.2 Å². The van der Waals surface area contributed by atoms with Crippen molar-refractivity contribution in [2.24, 2.45) is 0 Å². The lowest BCUT2D eigenvalue weighted by Crippen LogP contribution is -2.23. The highest BCUT2D eigenvalue weighted by Crippen LogP contribution is 2.31. The highest BCUT2D eigenvalue weighted by molar-refractivity contribution is 7.98. The average Bonchev–Trinajstić information content (AvgIpc) is 3.18. The van der Waals surface area contributed by atoms with Gasteiger partial charge in [-0.05, 0) is 24.6 Å². The normalized spacial score (nSPS) is 11.3. The van der Waals surface area contributed by atoms with Crippen LogP contribution in [0.3, 0.4) is 0 Å². The van der Waals surface area contributed by atoms with Gasteiger partial charge in [0.25, 0.3) is 11.2 Å². The molecule has 0 spiro atoms. The van der Waals surface area contributed by atoms with Crippen LogP contribution < -0.4 is 10.3 Å². The summed E-state index contributed by atoms with van der Waals surface area (Å²) in [7, 11) is 1.53. The predicted molar refractivity (Wildman–Crippen MR) is 114 cm³/mol. The van der Waals surface area contributed by atoms with Gasteiger partial charge in [-0.1, -0.05) is 30.8 Å². The first kappa shape index (κ1) is 19.9.